The predicted octanol–water partition coefficient (Wildman–Crippen LogP) is 0.503. The highest BCUT2D eigenvalue weighted by Crippen LogP contribution is 2.21. The minimum atomic E-state index is -3.68. The zero-order chi connectivity index (χ0) is 18.7. The molecule has 0 unspecified atom stereocenters. The summed E-state index contributed by atoms with van der Waals surface area (Å²) in [6.45, 7) is 3.58. The van der Waals surface area contributed by atoms with Crippen LogP contribution in [-0.2, 0) is 21.8 Å². The Morgan fingerprint density at radius 1 is 1.19 bits per heavy atom. The lowest BCUT2D eigenvalue weighted by Crippen LogP contribution is -2.49. The standard InChI is InChI=1S/C16H21N5O4S/c1-3-25-15(22)14-11-13(12-19(14)2)26(23,24)21-9-7-20(8-10-21)16-17-5-4-6-18-16/h4-6,11-12H,3,7-10H2,1-2H3. The van der Waals surface area contributed by atoms with E-state index >= 15 is 0 Å². The third kappa shape index (κ3) is 3.56. The lowest BCUT2D eigenvalue weighted by molar-refractivity contribution is 0.0515. The first-order chi connectivity index (χ1) is 12.4. The van der Waals surface area contributed by atoms with Crippen LogP contribution in [-0.4, -0.2) is 66.0 Å². The molecule has 1 fully saturated rings. The molecule has 9 nitrogen and oxygen atoms in total. The number of piperazine rings is 1. The van der Waals surface area contributed by atoms with E-state index in [2.05, 4.69) is 9.97 Å². The zero-order valence-electron chi connectivity index (χ0n) is 14.7. The summed E-state index contributed by atoms with van der Waals surface area (Å²) >= 11 is 0. The molecule has 2 aromatic rings. The topological polar surface area (TPSA) is 97.6 Å². The van der Waals surface area contributed by atoms with Gasteiger partial charge in [-0.2, -0.15) is 4.31 Å². The first-order valence-corrected chi connectivity index (χ1v) is 9.73. The second-order valence-corrected chi connectivity index (χ2v) is 7.77. The lowest BCUT2D eigenvalue weighted by atomic mass is 10.4. The molecule has 0 spiro atoms. The van der Waals surface area contributed by atoms with Crippen LogP contribution in [0, 0.1) is 0 Å². The summed E-state index contributed by atoms with van der Waals surface area (Å²) in [5.41, 5.74) is 0.210. The van der Waals surface area contributed by atoms with Gasteiger partial charge in [-0.1, -0.05) is 0 Å². The van der Waals surface area contributed by atoms with Crippen molar-refractivity contribution >= 4 is 21.9 Å². The Balaban J connectivity index is 1.74. The Bertz CT molecular complexity index is 873. The van der Waals surface area contributed by atoms with E-state index in [-0.39, 0.29) is 17.2 Å². The molecule has 1 aliphatic rings. The van der Waals surface area contributed by atoms with Gasteiger partial charge in [-0.25, -0.2) is 23.2 Å². The molecule has 26 heavy (non-hydrogen) atoms. The van der Waals surface area contributed by atoms with Crippen LogP contribution in [0.15, 0.2) is 35.6 Å². The van der Waals surface area contributed by atoms with Gasteiger partial charge in [-0.3, -0.25) is 0 Å². The van der Waals surface area contributed by atoms with Crippen molar-refractivity contribution in [1.82, 2.24) is 18.8 Å². The Kier molecular flexibility index (Phi) is 5.23. The number of sulfonamides is 1. The first kappa shape index (κ1) is 18.3. The van der Waals surface area contributed by atoms with Crippen LogP contribution in [0.3, 0.4) is 0 Å². The molecule has 1 aliphatic heterocycles. The van der Waals surface area contributed by atoms with Crippen LogP contribution in [0.1, 0.15) is 17.4 Å². The Morgan fingerprint density at radius 3 is 2.46 bits per heavy atom. The van der Waals surface area contributed by atoms with E-state index in [9.17, 15) is 13.2 Å². The summed E-state index contributed by atoms with van der Waals surface area (Å²) in [6.07, 6.45) is 4.76. The molecule has 0 saturated carbocycles. The Morgan fingerprint density at radius 2 is 1.85 bits per heavy atom. The quantitative estimate of drug-likeness (QED) is 0.698. The highest BCUT2D eigenvalue weighted by molar-refractivity contribution is 7.89. The van der Waals surface area contributed by atoms with Crippen LogP contribution < -0.4 is 4.90 Å². The van der Waals surface area contributed by atoms with E-state index in [4.69, 9.17) is 4.74 Å². The second kappa shape index (κ2) is 7.42. The minimum Gasteiger partial charge on any atom is -0.461 e. The van der Waals surface area contributed by atoms with Gasteiger partial charge < -0.3 is 14.2 Å². The fraction of sp³-hybridized carbons (Fsp3) is 0.438. The van der Waals surface area contributed by atoms with Gasteiger partial charge in [0.1, 0.15) is 10.6 Å². The van der Waals surface area contributed by atoms with Crippen molar-refractivity contribution in [2.45, 2.75) is 11.8 Å². The summed E-state index contributed by atoms with van der Waals surface area (Å²) in [4.78, 5) is 22.3. The van der Waals surface area contributed by atoms with Crippen molar-refractivity contribution in [3.05, 3.63) is 36.4 Å². The number of carbonyl (C=O) groups excluding carboxylic acids is 1. The number of aromatic nitrogens is 3. The number of aryl methyl sites for hydroxylation is 1. The smallest absolute Gasteiger partial charge is 0.354 e. The van der Waals surface area contributed by atoms with E-state index in [0.29, 0.717) is 32.1 Å². The Hall–Kier alpha value is -2.46. The van der Waals surface area contributed by atoms with Crippen LogP contribution in [0.5, 0.6) is 0 Å². The summed E-state index contributed by atoms with van der Waals surface area (Å²) < 4.78 is 33.6. The largest absolute Gasteiger partial charge is 0.461 e. The average molecular weight is 379 g/mol. The molecule has 0 aromatic carbocycles. The van der Waals surface area contributed by atoms with E-state index in [1.54, 1.807) is 32.4 Å². The fourth-order valence-electron chi connectivity index (χ4n) is 2.82. The zero-order valence-corrected chi connectivity index (χ0v) is 15.5. The van der Waals surface area contributed by atoms with Crippen LogP contribution in [0.2, 0.25) is 0 Å². The van der Waals surface area contributed by atoms with Crippen LogP contribution in [0.25, 0.3) is 0 Å². The molecular formula is C16H21N5O4S. The molecule has 3 heterocycles. The number of carbonyl (C=O) groups is 1. The maximum absolute atomic E-state index is 12.9. The minimum absolute atomic E-state index is 0.0902. The number of hydrogen-bond donors (Lipinski definition) is 0. The monoisotopic (exact) mass is 379 g/mol. The van der Waals surface area contributed by atoms with Gasteiger partial charge in [-0.15, -0.1) is 0 Å². The maximum atomic E-state index is 12.9. The van der Waals surface area contributed by atoms with E-state index in [1.807, 2.05) is 4.90 Å². The lowest BCUT2D eigenvalue weighted by Gasteiger charge is -2.33. The molecule has 1 saturated heterocycles. The number of hydrogen-bond acceptors (Lipinski definition) is 7. The fourth-order valence-corrected chi connectivity index (χ4v) is 4.31. The van der Waals surface area contributed by atoms with E-state index < -0.39 is 16.0 Å². The number of nitrogens with zero attached hydrogens (tertiary/aromatic N) is 5. The highest BCUT2D eigenvalue weighted by Gasteiger charge is 2.31. The number of anilines is 1. The molecule has 3 rings (SSSR count). The molecule has 0 atom stereocenters. The van der Waals surface area contributed by atoms with Gasteiger partial charge >= 0.3 is 5.97 Å². The van der Waals surface area contributed by atoms with Crippen molar-refractivity contribution in [3.63, 3.8) is 0 Å². The van der Waals surface area contributed by atoms with Crippen molar-refractivity contribution in [2.24, 2.45) is 7.05 Å². The van der Waals surface area contributed by atoms with Gasteiger partial charge in [0, 0.05) is 51.8 Å². The number of rotatable bonds is 5. The molecule has 0 N–H and O–H groups in total. The molecule has 10 heteroatoms. The van der Waals surface area contributed by atoms with Gasteiger partial charge in [0.05, 0.1) is 6.61 Å². The van der Waals surface area contributed by atoms with Gasteiger partial charge in [0.15, 0.2) is 0 Å². The van der Waals surface area contributed by atoms with Gasteiger partial charge in [-0.05, 0) is 19.1 Å². The van der Waals surface area contributed by atoms with Crippen LogP contribution >= 0.6 is 0 Å². The molecule has 140 valence electrons. The van der Waals surface area contributed by atoms with Crippen molar-refractivity contribution in [3.8, 4) is 0 Å². The summed E-state index contributed by atoms with van der Waals surface area (Å²) in [5, 5.41) is 0. The Labute approximate surface area is 152 Å². The highest BCUT2D eigenvalue weighted by atomic mass is 32.2. The van der Waals surface area contributed by atoms with Crippen molar-refractivity contribution in [2.75, 3.05) is 37.7 Å². The number of ether oxygens (including phenoxy) is 1. The average Bonchev–Trinajstić information content (AvgIpc) is 3.05. The second-order valence-electron chi connectivity index (χ2n) is 5.83. The first-order valence-electron chi connectivity index (χ1n) is 8.29. The third-order valence-electron chi connectivity index (χ3n) is 4.18. The molecule has 2 aromatic heterocycles. The van der Waals surface area contributed by atoms with Crippen molar-refractivity contribution in [1.29, 1.82) is 0 Å². The summed E-state index contributed by atoms with van der Waals surface area (Å²) in [5.74, 6) is 0.0522. The SMILES string of the molecule is CCOC(=O)c1cc(S(=O)(=O)N2CCN(c3ncccn3)CC2)cn1C. The van der Waals surface area contributed by atoms with E-state index in [1.165, 1.54) is 21.1 Å². The normalized spacial score (nSPS) is 15.8. The predicted molar refractivity (Wildman–Crippen MR) is 94.4 cm³/mol. The molecule has 0 radical (unpaired) electrons. The summed E-state index contributed by atoms with van der Waals surface area (Å²) in [6, 6.07) is 3.10. The van der Waals surface area contributed by atoms with Crippen molar-refractivity contribution < 1.29 is 17.9 Å². The molecule has 0 amide bonds. The van der Waals surface area contributed by atoms with Crippen LogP contribution in [0.4, 0.5) is 5.95 Å². The summed E-state index contributed by atoms with van der Waals surface area (Å²) in [7, 11) is -2.06. The maximum Gasteiger partial charge on any atom is 0.354 e. The van der Waals surface area contributed by atoms with Gasteiger partial charge in [0.2, 0.25) is 16.0 Å². The van der Waals surface area contributed by atoms with Gasteiger partial charge in [0.25, 0.3) is 0 Å². The molecule has 0 aliphatic carbocycles. The molecular weight excluding hydrogens is 358 g/mol. The van der Waals surface area contributed by atoms with E-state index in [0.717, 1.165) is 0 Å². The molecule has 0 bridgehead atoms. The number of esters is 1. The third-order valence-corrected chi connectivity index (χ3v) is 6.04.